The molecule has 2 amide bonds. The summed E-state index contributed by atoms with van der Waals surface area (Å²) in [6, 6.07) is 19.0. The summed E-state index contributed by atoms with van der Waals surface area (Å²) in [6.07, 6.45) is 0.782. The van der Waals surface area contributed by atoms with Crippen molar-refractivity contribution in [3.63, 3.8) is 0 Å². The predicted octanol–water partition coefficient (Wildman–Crippen LogP) is 4.68. The summed E-state index contributed by atoms with van der Waals surface area (Å²) in [5.41, 5.74) is 11.4. The number of nitrogens with two attached hydrogens (primary N) is 1. The number of fused-ring (bicyclic) bond motifs is 2. The Morgan fingerprint density at radius 2 is 2.03 bits per heavy atom. The number of anilines is 3. The molecule has 0 aliphatic carbocycles. The van der Waals surface area contributed by atoms with E-state index in [1.807, 2.05) is 48.5 Å². The molecule has 3 aromatic carbocycles. The summed E-state index contributed by atoms with van der Waals surface area (Å²) >= 11 is 0. The third-order valence-corrected chi connectivity index (χ3v) is 5.38. The molecule has 5 rings (SSSR count). The van der Waals surface area contributed by atoms with Gasteiger partial charge < -0.3 is 20.3 Å². The zero-order valence-corrected chi connectivity index (χ0v) is 16.4. The molecule has 0 fully saturated rings. The lowest BCUT2D eigenvalue weighted by molar-refractivity contribution is 0.257. The van der Waals surface area contributed by atoms with Crippen LogP contribution in [0.2, 0.25) is 0 Å². The highest BCUT2D eigenvalue weighted by atomic mass is 16.5. The molecule has 1 aliphatic rings. The van der Waals surface area contributed by atoms with Gasteiger partial charge in [0.2, 0.25) is 0 Å². The maximum atomic E-state index is 12.9. The van der Waals surface area contributed by atoms with Crippen LogP contribution in [-0.2, 0) is 6.42 Å². The molecule has 150 valence electrons. The summed E-state index contributed by atoms with van der Waals surface area (Å²) < 4.78 is 10.5. The number of carbonyl (C=O) groups excluding carboxylic acids is 1. The van der Waals surface area contributed by atoms with Gasteiger partial charge in [0, 0.05) is 24.0 Å². The Labute approximate surface area is 173 Å². The summed E-state index contributed by atoms with van der Waals surface area (Å²) in [5, 5.41) is 7.63. The topological polar surface area (TPSA) is 93.6 Å². The van der Waals surface area contributed by atoms with Crippen molar-refractivity contribution in [2.75, 3.05) is 29.6 Å². The van der Waals surface area contributed by atoms with Crippen LogP contribution in [-0.4, -0.2) is 24.8 Å². The lowest BCUT2D eigenvalue weighted by Gasteiger charge is -2.18. The molecule has 0 saturated heterocycles. The summed E-state index contributed by atoms with van der Waals surface area (Å²) in [5.74, 6) is 1.07. The molecule has 3 N–H and O–H groups in total. The second kappa shape index (κ2) is 7.11. The lowest BCUT2D eigenvalue weighted by Crippen LogP contribution is -2.33. The third kappa shape index (κ3) is 3.00. The molecule has 7 nitrogen and oxygen atoms in total. The van der Waals surface area contributed by atoms with Crippen LogP contribution in [0.5, 0.6) is 5.75 Å². The van der Waals surface area contributed by atoms with Crippen LogP contribution in [0.25, 0.3) is 22.1 Å². The van der Waals surface area contributed by atoms with Gasteiger partial charge in [0.1, 0.15) is 5.75 Å². The Hall–Kier alpha value is -4.00. The van der Waals surface area contributed by atoms with E-state index in [1.165, 1.54) is 0 Å². The van der Waals surface area contributed by atoms with E-state index in [0.29, 0.717) is 29.4 Å². The predicted molar refractivity (Wildman–Crippen MR) is 117 cm³/mol. The quantitative estimate of drug-likeness (QED) is 0.521. The van der Waals surface area contributed by atoms with E-state index < -0.39 is 0 Å². The van der Waals surface area contributed by atoms with Crippen molar-refractivity contribution in [2.45, 2.75) is 6.42 Å². The van der Waals surface area contributed by atoms with Crippen molar-refractivity contribution in [3.05, 3.63) is 66.2 Å². The summed E-state index contributed by atoms with van der Waals surface area (Å²) in [6.45, 7) is 0.619. The van der Waals surface area contributed by atoms with Crippen LogP contribution in [0.3, 0.4) is 0 Å². The molecule has 0 atom stereocenters. The van der Waals surface area contributed by atoms with E-state index in [0.717, 1.165) is 34.2 Å². The monoisotopic (exact) mass is 400 g/mol. The average Bonchev–Trinajstić information content (AvgIpc) is 3.37. The fourth-order valence-corrected chi connectivity index (χ4v) is 3.93. The minimum atomic E-state index is -0.167. The molecule has 0 radical (unpaired) electrons. The summed E-state index contributed by atoms with van der Waals surface area (Å²) in [4.78, 5) is 14.6. The molecule has 1 aromatic heterocycles. The van der Waals surface area contributed by atoms with E-state index in [-0.39, 0.29) is 6.03 Å². The Morgan fingerprint density at radius 1 is 1.17 bits per heavy atom. The molecular formula is C23H20N4O3. The highest BCUT2D eigenvalue weighted by Gasteiger charge is 2.25. The Morgan fingerprint density at radius 3 is 2.90 bits per heavy atom. The van der Waals surface area contributed by atoms with Crippen LogP contribution in [0.4, 0.5) is 22.0 Å². The second-order valence-corrected chi connectivity index (χ2v) is 7.15. The molecule has 2 heterocycles. The van der Waals surface area contributed by atoms with Crippen LogP contribution < -0.4 is 20.7 Å². The number of carbonyl (C=O) groups is 1. The number of hydrogen-bond donors (Lipinski definition) is 2. The van der Waals surface area contributed by atoms with Gasteiger partial charge in [-0.15, -0.1) is 0 Å². The highest BCUT2D eigenvalue weighted by molar-refractivity contribution is 6.04. The average molecular weight is 400 g/mol. The molecule has 7 heteroatoms. The van der Waals surface area contributed by atoms with Crippen molar-refractivity contribution < 1.29 is 14.1 Å². The molecule has 0 unspecified atom stereocenters. The van der Waals surface area contributed by atoms with E-state index in [9.17, 15) is 4.79 Å². The fraction of sp³-hybridized carbons (Fsp3) is 0.130. The number of nitrogens with zero attached hydrogens (tertiary/aromatic N) is 2. The minimum absolute atomic E-state index is 0.167. The van der Waals surface area contributed by atoms with E-state index in [1.54, 1.807) is 18.1 Å². The largest absolute Gasteiger partial charge is 0.497 e. The first-order valence-electron chi connectivity index (χ1n) is 9.64. The Balaban J connectivity index is 1.43. The van der Waals surface area contributed by atoms with Gasteiger partial charge in [0.25, 0.3) is 0 Å². The first kappa shape index (κ1) is 18.1. The first-order valence-corrected chi connectivity index (χ1v) is 9.64. The lowest BCUT2D eigenvalue weighted by atomic mass is 9.99. The number of amides is 2. The van der Waals surface area contributed by atoms with E-state index in [4.69, 9.17) is 15.0 Å². The van der Waals surface area contributed by atoms with Crippen LogP contribution in [0, 0.1) is 0 Å². The number of aromatic nitrogens is 1. The SMILES string of the molecule is COc1cccc(NC(=O)N2CCc3cc(-c4cccc5onc(N)c45)ccc32)c1. The van der Waals surface area contributed by atoms with Gasteiger partial charge >= 0.3 is 6.03 Å². The standard InChI is InChI=1S/C23H20N4O3/c1-29-17-5-2-4-16(13-17)25-23(28)27-11-10-15-12-14(8-9-19(15)27)18-6-3-7-20-21(18)22(24)26-30-20/h2-9,12-13H,10-11H2,1H3,(H2,24,26)(H,25,28). The van der Waals surface area contributed by atoms with Crippen LogP contribution in [0.1, 0.15) is 5.56 Å². The van der Waals surface area contributed by atoms with Gasteiger partial charge in [0.15, 0.2) is 11.4 Å². The van der Waals surface area contributed by atoms with Crippen LogP contribution in [0.15, 0.2) is 65.2 Å². The number of methoxy groups -OCH3 is 1. The maximum absolute atomic E-state index is 12.9. The molecule has 30 heavy (non-hydrogen) atoms. The minimum Gasteiger partial charge on any atom is -0.497 e. The third-order valence-electron chi connectivity index (χ3n) is 5.38. The first-order chi connectivity index (χ1) is 14.6. The number of urea groups is 1. The number of nitrogen functional groups attached to an aromatic ring is 1. The maximum Gasteiger partial charge on any atom is 0.326 e. The summed E-state index contributed by atoms with van der Waals surface area (Å²) in [7, 11) is 1.60. The van der Waals surface area contributed by atoms with Gasteiger partial charge in [0.05, 0.1) is 12.5 Å². The van der Waals surface area contributed by atoms with E-state index >= 15 is 0 Å². The number of ether oxygens (including phenoxy) is 1. The van der Waals surface area contributed by atoms with Crippen molar-refractivity contribution in [1.29, 1.82) is 0 Å². The Bertz CT molecular complexity index is 1260. The second-order valence-electron chi connectivity index (χ2n) is 7.15. The Kier molecular flexibility index (Phi) is 4.28. The number of hydrogen-bond acceptors (Lipinski definition) is 5. The van der Waals surface area contributed by atoms with Gasteiger partial charge in [-0.05, 0) is 53.4 Å². The van der Waals surface area contributed by atoms with Gasteiger partial charge in [-0.3, -0.25) is 4.90 Å². The zero-order valence-electron chi connectivity index (χ0n) is 16.4. The zero-order chi connectivity index (χ0) is 20.7. The van der Waals surface area contributed by atoms with Crippen molar-refractivity contribution >= 4 is 34.2 Å². The molecular weight excluding hydrogens is 380 g/mol. The van der Waals surface area contributed by atoms with Crippen molar-refractivity contribution in [3.8, 4) is 16.9 Å². The molecule has 0 spiro atoms. The normalized spacial score (nSPS) is 12.8. The van der Waals surface area contributed by atoms with Crippen molar-refractivity contribution in [1.82, 2.24) is 5.16 Å². The molecule has 0 bridgehead atoms. The molecule has 4 aromatic rings. The smallest absolute Gasteiger partial charge is 0.326 e. The van der Waals surface area contributed by atoms with Crippen LogP contribution >= 0.6 is 0 Å². The van der Waals surface area contributed by atoms with Gasteiger partial charge in [-0.25, -0.2) is 4.79 Å². The number of nitrogens with one attached hydrogen (secondary N) is 1. The number of benzene rings is 3. The van der Waals surface area contributed by atoms with Crippen molar-refractivity contribution in [2.24, 2.45) is 0 Å². The molecule has 1 aliphatic heterocycles. The fourth-order valence-electron chi connectivity index (χ4n) is 3.93. The van der Waals surface area contributed by atoms with Gasteiger partial charge in [-0.2, -0.15) is 0 Å². The molecule has 0 saturated carbocycles. The van der Waals surface area contributed by atoms with E-state index in [2.05, 4.69) is 16.5 Å². The van der Waals surface area contributed by atoms with Gasteiger partial charge in [-0.1, -0.05) is 29.4 Å². The highest BCUT2D eigenvalue weighted by Crippen LogP contribution is 2.37. The number of rotatable bonds is 3.